The molecule has 0 heterocycles. The van der Waals surface area contributed by atoms with Crippen molar-refractivity contribution in [1.82, 2.24) is 0 Å². The van der Waals surface area contributed by atoms with Gasteiger partial charge in [0, 0.05) is 11.1 Å². The number of Topliss-reactive ketones (excluding diaryl/α,β-unsaturated/α-hetero) is 2. The third-order valence-electron chi connectivity index (χ3n) is 8.86. The number of fused-ring (bicyclic) bond motifs is 2. The summed E-state index contributed by atoms with van der Waals surface area (Å²) in [5.41, 5.74) is 15.6. The smallest absolute Gasteiger partial charge is 0.744 e. The second-order valence-electron chi connectivity index (χ2n) is 12.6. The van der Waals surface area contributed by atoms with Crippen LogP contribution in [0.25, 0.3) is 23.3 Å². The van der Waals surface area contributed by atoms with Gasteiger partial charge in [0.2, 0.25) is 11.6 Å². The summed E-state index contributed by atoms with van der Waals surface area (Å²) in [5.74, 6) is -2.13. The maximum absolute atomic E-state index is 13.3. The number of anilines is 4. The average Bonchev–Trinajstić information content (AvgIpc) is 3.09. The number of rotatable bonds is 9. The number of aryl methyl sites for hydroxylation is 2. The van der Waals surface area contributed by atoms with Gasteiger partial charge in [-0.1, -0.05) is 24.3 Å². The minimum Gasteiger partial charge on any atom is -0.744 e. The molecule has 0 saturated heterocycles. The Kier molecular flexibility index (Phi) is 18.6. The van der Waals surface area contributed by atoms with Crippen LogP contribution in [0.2, 0.25) is 0 Å². The van der Waals surface area contributed by atoms with E-state index in [0.717, 1.165) is 24.3 Å². The molecule has 62 heavy (non-hydrogen) atoms. The molecule has 4 aromatic rings. The van der Waals surface area contributed by atoms with Gasteiger partial charge in [0.1, 0.15) is 51.9 Å². The van der Waals surface area contributed by atoms with E-state index in [1.807, 2.05) is 0 Å². The van der Waals surface area contributed by atoms with Crippen LogP contribution < -0.4 is 141 Å². The summed E-state index contributed by atoms with van der Waals surface area (Å²) >= 11 is 0. The number of carbonyl (C=O) groups excluding carboxylic acids is 2. The number of benzene rings is 4. The SMILES string of the molecule is Cc1cc(-c2ccc(N/N=C3\C=Cc4c(S(=O)(=O)[O-])cc(S(=O)(=O)[O-])c(N)c4C3=O)c(C)c2)ccc1N/N=C1/C=Cc2c(S(=O)(=O)[O-])cc(S(=O)(=O)[O-])c(N)c2C1=O.[Na+].[Na+].[Na+].[Na+]. The molecule has 0 saturated carbocycles. The fourth-order valence-electron chi connectivity index (χ4n) is 6.07. The molecule has 0 bridgehead atoms. The number of hydrogen-bond donors (Lipinski definition) is 4. The van der Waals surface area contributed by atoms with Crippen LogP contribution in [0.3, 0.4) is 0 Å². The van der Waals surface area contributed by atoms with Crippen LogP contribution in [0.15, 0.2) is 90.5 Å². The summed E-state index contributed by atoms with van der Waals surface area (Å²) in [4.78, 5) is 21.9. The first-order valence-corrected chi connectivity index (χ1v) is 21.5. The summed E-state index contributed by atoms with van der Waals surface area (Å²) in [5, 5.41) is 8.08. The number of carbonyl (C=O) groups is 2. The van der Waals surface area contributed by atoms with Gasteiger partial charge in [-0.15, -0.1) is 0 Å². The van der Waals surface area contributed by atoms with Gasteiger partial charge in [0.05, 0.1) is 53.5 Å². The van der Waals surface area contributed by atoms with E-state index in [0.29, 0.717) is 45.8 Å². The Morgan fingerprint density at radius 3 is 1.06 bits per heavy atom. The first kappa shape index (κ1) is 56.0. The van der Waals surface area contributed by atoms with E-state index >= 15 is 0 Å². The van der Waals surface area contributed by atoms with Gasteiger partial charge < -0.3 is 29.7 Å². The molecule has 302 valence electrons. The average molecular weight is 961 g/mol. The van der Waals surface area contributed by atoms with Crippen molar-refractivity contribution in [3.8, 4) is 11.1 Å². The number of hydrazone groups is 2. The molecule has 2 aliphatic rings. The Hall–Kier alpha value is -2.12. The van der Waals surface area contributed by atoms with Gasteiger partial charge in [-0.25, -0.2) is 33.7 Å². The monoisotopic (exact) mass is 960 g/mol. The summed E-state index contributed by atoms with van der Waals surface area (Å²) < 4.78 is 142. The van der Waals surface area contributed by atoms with Crippen LogP contribution in [-0.2, 0) is 40.5 Å². The number of nitrogens with one attached hydrogen (secondary N) is 2. The summed E-state index contributed by atoms with van der Waals surface area (Å²) in [6.45, 7) is 3.41. The largest absolute Gasteiger partial charge is 1.00 e. The van der Waals surface area contributed by atoms with Crippen LogP contribution in [0.1, 0.15) is 43.0 Å². The van der Waals surface area contributed by atoms with Crippen molar-refractivity contribution in [2.45, 2.75) is 33.4 Å². The summed E-state index contributed by atoms with van der Waals surface area (Å²) in [6, 6.07) is 10.8. The maximum Gasteiger partial charge on any atom is 1.00 e. The molecule has 28 heteroatoms. The molecular weight excluding hydrogens is 937 g/mol. The van der Waals surface area contributed by atoms with E-state index < -0.39 is 105 Å². The van der Waals surface area contributed by atoms with E-state index in [1.54, 1.807) is 50.2 Å². The Morgan fingerprint density at radius 1 is 0.484 bits per heavy atom. The van der Waals surface area contributed by atoms with Crippen molar-refractivity contribution in [3.05, 3.63) is 94.1 Å². The first-order valence-electron chi connectivity index (χ1n) is 15.9. The fourth-order valence-corrected chi connectivity index (χ4v) is 8.89. The molecule has 6 rings (SSSR count). The van der Waals surface area contributed by atoms with Gasteiger partial charge >= 0.3 is 118 Å². The molecule has 0 radical (unpaired) electrons. The minimum absolute atomic E-state index is 0. The number of nitrogens with zero attached hydrogens (tertiary/aromatic N) is 2. The Labute approximate surface area is 443 Å². The molecule has 0 unspecified atom stereocenters. The number of hydrogen-bond acceptors (Lipinski definition) is 20. The quantitative estimate of drug-likeness (QED) is 0.0524. The molecule has 2 aliphatic carbocycles. The molecule has 0 aliphatic heterocycles. The van der Waals surface area contributed by atoms with Crippen molar-refractivity contribution < 1.29 is 180 Å². The van der Waals surface area contributed by atoms with Crippen LogP contribution in [0, 0.1) is 13.8 Å². The van der Waals surface area contributed by atoms with E-state index in [9.17, 15) is 61.5 Å². The van der Waals surface area contributed by atoms with E-state index in [2.05, 4.69) is 21.1 Å². The normalized spacial score (nSPS) is 14.7. The predicted octanol–water partition coefficient (Wildman–Crippen LogP) is -9.88. The van der Waals surface area contributed by atoms with Crippen molar-refractivity contribution >= 4 is 98.4 Å². The first-order chi connectivity index (χ1) is 26.8. The van der Waals surface area contributed by atoms with Crippen molar-refractivity contribution in [2.75, 3.05) is 22.3 Å². The fraction of sp³-hybridized carbons (Fsp3) is 0.0588. The third kappa shape index (κ3) is 11.5. The number of ketones is 2. The second-order valence-corrected chi connectivity index (χ2v) is 18.0. The molecule has 0 aromatic heterocycles. The Balaban J connectivity index is 0.00000331. The number of nitrogens with two attached hydrogens (primary N) is 2. The van der Waals surface area contributed by atoms with Gasteiger partial charge in [-0.2, -0.15) is 10.2 Å². The van der Waals surface area contributed by atoms with Crippen molar-refractivity contribution in [1.29, 1.82) is 0 Å². The Morgan fingerprint density at radius 2 is 0.790 bits per heavy atom. The number of allylic oxidation sites excluding steroid dienone is 2. The van der Waals surface area contributed by atoms with Gasteiger partial charge in [-0.05, 0) is 84.7 Å². The van der Waals surface area contributed by atoms with Crippen LogP contribution in [-0.4, -0.2) is 74.9 Å². The molecule has 0 fully saturated rings. The molecule has 0 spiro atoms. The molecular formula is C34H24N6Na4O14S4. The van der Waals surface area contributed by atoms with E-state index in [1.165, 1.54) is 0 Å². The van der Waals surface area contributed by atoms with Gasteiger partial charge in [-0.3, -0.25) is 20.4 Å². The number of nitrogen functional groups attached to an aromatic ring is 2. The summed E-state index contributed by atoms with van der Waals surface area (Å²) in [7, 11) is -21.5. The molecule has 0 atom stereocenters. The molecule has 6 N–H and O–H groups in total. The van der Waals surface area contributed by atoms with Crippen LogP contribution in [0.4, 0.5) is 22.7 Å². The second kappa shape index (κ2) is 20.6. The van der Waals surface area contributed by atoms with Crippen molar-refractivity contribution in [2.24, 2.45) is 10.2 Å². The maximum atomic E-state index is 13.3. The Bertz CT molecular complexity index is 2950. The standard InChI is InChI=1S/C34H28N6O14S4.4Na/c1-15-11-17(3-7-21(15)37-39-23-9-5-19-25(55(43,44)45)13-27(57(49,50)51)31(35)29(19)33(23)41)18-4-8-22(16(2)12-18)38-40-24-10-6-20-26(56(46,47)48)14-28(58(52,53)54)32(36)30(20)34(24)42;;;;/h3-14,37-38H,35-36H2,1-2H3,(H,43,44,45)(H,46,47,48)(H,49,50,51)(H,52,53,54);;;;/q;4*+1/p-4/b39-23-,40-24+;;;;. The molecule has 0 amide bonds. The van der Waals surface area contributed by atoms with Gasteiger partial charge in [0.25, 0.3) is 0 Å². The van der Waals surface area contributed by atoms with Gasteiger partial charge in [0.15, 0.2) is 0 Å². The topological polar surface area (TPSA) is 364 Å². The molecule has 4 aromatic carbocycles. The zero-order valence-electron chi connectivity index (χ0n) is 33.3. The minimum atomic E-state index is -5.40. The van der Waals surface area contributed by atoms with E-state index in [-0.39, 0.29) is 130 Å². The van der Waals surface area contributed by atoms with Crippen LogP contribution >= 0.6 is 0 Å². The predicted molar refractivity (Wildman–Crippen MR) is 204 cm³/mol. The van der Waals surface area contributed by atoms with Crippen molar-refractivity contribution in [3.63, 3.8) is 0 Å². The molecule has 20 nitrogen and oxygen atoms in total. The summed E-state index contributed by atoms with van der Waals surface area (Å²) in [6.07, 6.45) is 4.21. The third-order valence-corrected chi connectivity index (χ3v) is 12.4. The zero-order valence-corrected chi connectivity index (χ0v) is 44.6. The zero-order chi connectivity index (χ0) is 42.9. The van der Waals surface area contributed by atoms with Crippen LogP contribution in [0.5, 0.6) is 0 Å². The van der Waals surface area contributed by atoms with E-state index in [4.69, 9.17) is 11.5 Å².